The molecule has 0 unspecified atom stereocenters. The van der Waals surface area contributed by atoms with Crippen LogP contribution in [0, 0.1) is 0 Å². The van der Waals surface area contributed by atoms with Crippen LogP contribution in [0.5, 0.6) is 0 Å². The van der Waals surface area contributed by atoms with Crippen LogP contribution in [0.3, 0.4) is 0 Å². The summed E-state index contributed by atoms with van der Waals surface area (Å²) in [5.41, 5.74) is 1.02. The summed E-state index contributed by atoms with van der Waals surface area (Å²) in [6.07, 6.45) is 6.97. The Morgan fingerprint density at radius 1 is 1.70 bits per heavy atom. The molecule has 0 aromatic carbocycles. The average molecular weight is 135 g/mol. The van der Waals surface area contributed by atoms with Gasteiger partial charge in [0.15, 0.2) is 5.78 Å². The molecular formula is C8H9NO. The first-order chi connectivity index (χ1) is 4.79. The molecule has 1 aromatic heterocycles. The zero-order valence-electron chi connectivity index (χ0n) is 5.79. The molecule has 0 radical (unpaired) electrons. The maximum absolute atomic E-state index is 10.4. The van der Waals surface area contributed by atoms with Crippen molar-refractivity contribution in [1.82, 2.24) is 4.98 Å². The molecule has 1 rings (SSSR count). The molecule has 0 aliphatic heterocycles. The summed E-state index contributed by atoms with van der Waals surface area (Å²) in [7, 11) is 0. The molecule has 0 aliphatic carbocycles. The highest BCUT2D eigenvalue weighted by Crippen LogP contribution is 1.98. The van der Waals surface area contributed by atoms with Crippen molar-refractivity contribution in [3.8, 4) is 0 Å². The topological polar surface area (TPSA) is 32.9 Å². The summed E-state index contributed by atoms with van der Waals surface area (Å²) in [4.78, 5) is 13.3. The van der Waals surface area contributed by atoms with Gasteiger partial charge in [0, 0.05) is 12.4 Å². The highest BCUT2D eigenvalue weighted by atomic mass is 16.1. The molecular weight excluding hydrogens is 126 g/mol. The Hall–Kier alpha value is -1.31. The van der Waals surface area contributed by atoms with Gasteiger partial charge in [-0.3, -0.25) is 4.79 Å². The third-order valence-corrected chi connectivity index (χ3v) is 1.13. The molecule has 1 aromatic rings. The van der Waals surface area contributed by atoms with Crippen LogP contribution in [0.2, 0.25) is 0 Å². The standard InChI is InChI=1S/C8H9NO/c1-7(10)2-3-8-4-5-9-6-8/h2-6,9H,1H3. The molecule has 0 amide bonds. The number of carbonyl (C=O) groups is 1. The molecule has 2 heteroatoms. The second-order valence-electron chi connectivity index (χ2n) is 2.09. The number of rotatable bonds is 2. The molecule has 1 heterocycles. The molecule has 0 aliphatic rings. The molecule has 10 heavy (non-hydrogen) atoms. The molecule has 0 fully saturated rings. The maximum Gasteiger partial charge on any atom is 0.152 e. The van der Waals surface area contributed by atoms with Crippen molar-refractivity contribution in [2.45, 2.75) is 6.92 Å². The molecule has 0 saturated heterocycles. The lowest BCUT2D eigenvalue weighted by atomic mass is 10.3. The van der Waals surface area contributed by atoms with Crippen molar-refractivity contribution in [2.75, 3.05) is 0 Å². The Morgan fingerprint density at radius 2 is 2.50 bits per heavy atom. The van der Waals surface area contributed by atoms with Gasteiger partial charge >= 0.3 is 0 Å². The minimum absolute atomic E-state index is 0.0706. The maximum atomic E-state index is 10.4. The first kappa shape index (κ1) is 6.81. The lowest BCUT2D eigenvalue weighted by Gasteiger charge is -1.79. The van der Waals surface area contributed by atoms with E-state index in [1.165, 1.54) is 6.92 Å². The number of nitrogens with one attached hydrogen (secondary N) is 1. The zero-order valence-corrected chi connectivity index (χ0v) is 5.79. The summed E-state index contributed by atoms with van der Waals surface area (Å²) >= 11 is 0. The van der Waals surface area contributed by atoms with Crippen LogP contribution in [0.15, 0.2) is 24.5 Å². The van der Waals surface area contributed by atoms with Crippen molar-refractivity contribution in [2.24, 2.45) is 0 Å². The Balaban J connectivity index is 2.64. The predicted octanol–water partition coefficient (Wildman–Crippen LogP) is 1.62. The summed E-state index contributed by atoms with van der Waals surface area (Å²) in [5.74, 6) is 0.0706. The van der Waals surface area contributed by atoms with E-state index in [-0.39, 0.29) is 5.78 Å². The minimum atomic E-state index is 0.0706. The lowest BCUT2D eigenvalue weighted by Crippen LogP contribution is -1.78. The number of H-pyrrole nitrogens is 1. The van der Waals surface area contributed by atoms with E-state index >= 15 is 0 Å². The van der Waals surface area contributed by atoms with Crippen molar-refractivity contribution >= 4 is 11.9 Å². The van der Waals surface area contributed by atoms with Gasteiger partial charge in [-0.15, -0.1) is 0 Å². The zero-order chi connectivity index (χ0) is 7.40. The number of allylic oxidation sites excluding steroid dienone is 1. The molecule has 1 N–H and O–H groups in total. The monoisotopic (exact) mass is 135 g/mol. The summed E-state index contributed by atoms with van der Waals surface area (Å²) in [6.45, 7) is 1.53. The van der Waals surface area contributed by atoms with Gasteiger partial charge in [0.25, 0.3) is 0 Å². The van der Waals surface area contributed by atoms with E-state index in [2.05, 4.69) is 4.98 Å². The van der Waals surface area contributed by atoms with E-state index in [1.807, 2.05) is 18.5 Å². The first-order valence-electron chi connectivity index (χ1n) is 3.10. The number of aromatic nitrogens is 1. The van der Waals surface area contributed by atoms with E-state index in [0.29, 0.717) is 0 Å². The Labute approximate surface area is 59.6 Å². The quantitative estimate of drug-likeness (QED) is 0.614. The number of hydrogen-bond acceptors (Lipinski definition) is 1. The number of hydrogen-bond donors (Lipinski definition) is 1. The number of carbonyl (C=O) groups excluding carboxylic acids is 1. The van der Waals surface area contributed by atoms with Crippen LogP contribution in [-0.4, -0.2) is 10.8 Å². The number of aromatic amines is 1. The van der Waals surface area contributed by atoms with E-state index in [4.69, 9.17) is 0 Å². The summed E-state index contributed by atoms with van der Waals surface area (Å²) in [5, 5.41) is 0. The fourth-order valence-corrected chi connectivity index (χ4v) is 0.654. The van der Waals surface area contributed by atoms with Crippen LogP contribution in [0.4, 0.5) is 0 Å². The van der Waals surface area contributed by atoms with Gasteiger partial charge in [0.1, 0.15) is 0 Å². The number of ketones is 1. The summed E-state index contributed by atoms with van der Waals surface area (Å²) < 4.78 is 0. The second kappa shape index (κ2) is 3.01. The van der Waals surface area contributed by atoms with Gasteiger partial charge in [-0.25, -0.2) is 0 Å². The lowest BCUT2D eigenvalue weighted by molar-refractivity contribution is -0.112. The van der Waals surface area contributed by atoms with Crippen LogP contribution < -0.4 is 0 Å². The van der Waals surface area contributed by atoms with E-state index < -0.39 is 0 Å². The molecule has 52 valence electrons. The Bertz CT molecular complexity index is 234. The fraction of sp³-hybridized carbons (Fsp3) is 0.125. The van der Waals surface area contributed by atoms with Crippen LogP contribution in [-0.2, 0) is 4.79 Å². The fourth-order valence-electron chi connectivity index (χ4n) is 0.654. The average Bonchev–Trinajstić information content (AvgIpc) is 2.34. The third-order valence-electron chi connectivity index (χ3n) is 1.13. The largest absolute Gasteiger partial charge is 0.367 e. The van der Waals surface area contributed by atoms with E-state index in [0.717, 1.165) is 5.56 Å². The van der Waals surface area contributed by atoms with Gasteiger partial charge in [-0.2, -0.15) is 0 Å². The van der Waals surface area contributed by atoms with Gasteiger partial charge in [-0.05, 0) is 30.7 Å². The summed E-state index contributed by atoms with van der Waals surface area (Å²) in [6, 6.07) is 1.90. The molecule has 0 saturated carbocycles. The SMILES string of the molecule is CC(=O)C=Cc1cc[nH]c1. The Kier molecular flexibility index (Phi) is 2.05. The van der Waals surface area contributed by atoms with Crippen LogP contribution >= 0.6 is 0 Å². The molecule has 2 nitrogen and oxygen atoms in total. The van der Waals surface area contributed by atoms with Gasteiger partial charge in [-0.1, -0.05) is 0 Å². The van der Waals surface area contributed by atoms with Crippen LogP contribution in [0.25, 0.3) is 6.08 Å². The normalized spacial score (nSPS) is 10.5. The predicted molar refractivity (Wildman–Crippen MR) is 40.5 cm³/mol. The van der Waals surface area contributed by atoms with Gasteiger partial charge in [0.2, 0.25) is 0 Å². The molecule has 0 bridgehead atoms. The second-order valence-corrected chi connectivity index (χ2v) is 2.09. The Morgan fingerprint density at radius 3 is 3.00 bits per heavy atom. The van der Waals surface area contributed by atoms with Gasteiger partial charge < -0.3 is 4.98 Å². The smallest absolute Gasteiger partial charge is 0.152 e. The van der Waals surface area contributed by atoms with Crippen LogP contribution in [0.1, 0.15) is 12.5 Å². The van der Waals surface area contributed by atoms with E-state index in [1.54, 1.807) is 12.2 Å². The van der Waals surface area contributed by atoms with Crippen molar-refractivity contribution in [3.05, 3.63) is 30.1 Å². The van der Waals surface area contributed by atoms with Crippen molar-refractivity contribution in [1.29, 1.82) is 0 Å². The van der Waals surface area contributed by atoms with Crippen molar-refractivity contribution < 1.29 is 4.79 Å². The highest BCUT2D eigenvalue weighted by Gasteiger charge is 1.84. The highest BCUT2D eigenvalue weighted by molar-refractivity contribution is 5.91. The van der Waals surface area contributed by atoms with Gasteiger partial charge in [0.05, 0.1) is 0 Å². The third kappa shape index (κ3) is 1.90. The first-order valence-corrected chi connectivity index (χ1v) is 3.10. The van der Waals surface area contributed by atoms with Crippen molar-refractivity contribution in [3.63, 3.8) is 0 Å². The molecule has 0 atom stereocenters. The van der Waals surface area contributed by atoms with E-state index in [9.17, 15) is 4.79 Å². The molecule has 0 spiro atoms. The minimum Gasteiger partial charge on any atom is -0.367 e.